The molecule has 1 aromatic heterocycles. The van der Waals surface area contributed by atoms with Crippen molar-refractivity contribution in [1.29, 1.82) is 0 Å². The van der Waals surface area contributed by atoms with Crippen molar-refractivity contribution in [1.82, 2.24) is 9.88 Å². The maximum atomic E-state index is 9.86. The quantitative estimate of drug-likeness (QED) is 0.905. The number of hydrogen-bond donors (Lipinski definition) is 1. The van der Waals surface area contributed by atoms with Gasteiger partial charge in [-0.15, -0.1) is 0 Å². The van der Waals surface area contributed by atoms with Gasteiger partial charge in [0.05, 0.1) is 11.3 Å². The molecule has 2 rings (SSSR count). The minimum atomic E-state index is -0.474. The Labute approximate surface area is 105 Å². The van der Waals surface area contributed by atoms with Crippen molar-refractivity contribution in [2.45, 2.75) is 31.9 Å². The zero-order valence-corrected chi connectivity index (χ0v) is 11.1. The lowest BCUT2D eigenvalue weighted by Crippen LogP contribution is -2.42. The van der Waals surface area contributed by atoms with Crippen molar-refractivity contribution in [3.05, 3.63) is 28.5 Å². The van der Waals surface area contributed by atoms with Gasteiger partial charge >= 0.3 is 0 Å². The molecule has 0 radical (unpaired) electrons. The Morgan fingerprint density at radius 1 is 1.50 bits per heavy atom. The molecule has 0 spiro atoms. The third kappa shape index (κ3) is 3.03. The molecular formula is C12H17BrN2O. The second kappa shape index (κ2) is 4.82. The average molecular weight is 285 g/mol. The lowest BCUT2D eigenvalue weighted by molar-refractivity contribution is -0.00762. The molecule has 88 valence electrons. The van der Waals surface area contributed by atoms with Gasteiger partial charge in [-0.25, -0.2) is 0 Å². The van der Waals surface area contributed by atoms with Crippen LogP contribution >= 0.6 is 15.9 Å². The molecule has 0 saturated carbocycles. The molecule has 0 aromatic carbocycles. The summed E-state index contributed by atoms with van der Waals surface area (Å²) in [4.78, 5) is 6.70. The molecular weight excluding hydrogens is 268 g/mol. The number of halogens is 1. The molecule has 1 aromatic rings. The maximum absolute atomic E-state index is 9.86. The van der Waals surface area contributed by atoms with Crippen LogP contribution in [0.2, 0.25) is 0 Å². The van der Waals surface area contributed by atoms with Gasteiger partial charge in [-0.1, -0.05) is 0 Å². The summed E-state index contributed by atoms with van der Waals surface area (Å²) in [6, 6.07) is 3.94. The predicted octanol–water partition coefficient (Wildman–Crippen LogP) is 2.19. The van der Waals surface area contributed by atoms with Crippen LogP contribution in [-0.4, -0.2) is 33.7 Å². The highest BCUT2D eigenvalue weighted by Gasteiger charge is 2.27. The van der Waals surface area contributed by atoms with E-state index in [1.54, 1.807) is 0 Å². The largest absolute Gasteiger partial charge is 0.390 e. The second-order valence-corrected chi connectivity index (χ2v) is 5.56. The Hall–Kier alpha value is -0.450. The van der Waals surface area contributed by atoms with Crippen LogP contribution in [0.5, 0.6) is 0 Å². The molecule has 0 amide bonds. The standard InChI is InChI=1S/C12H17BrN2O/c1-12(16)4-7-15(8-5-12)9-11-10(13)3-2-6-14-11/h2-3,6,16H,4-5,7-9H2,1H3. The van der Waals surface area contributed by atoms with Gasteiger partial charge in [0.2, 0.25) is 0 Å². The molecule has 0 aliphatic carbocycles. The van der Waals surface area contributed by atoms with E-state index in [1.807, 2.05) is 25.3 Å². The molecule has 1 aliphatic heterocycles. The predicted molar refractivity (Wildman–Crippen MR) is 67.1 cm³/mol. The first kappa shape index (κ1) is 12.0. The summed E-state index contributed by atoms with van der Waals surface area (Å²) in [6.07, 6.45) is 3.51. The molecule has 4 heteroatoms. The highest BCUT2D eigenvalue weighted by Crippen LogP contribution is 2.23. The number of pyridine rings is 1. The van der Waals surface area contributed by atoms with E-state index >= 15 is 0 Å². The van der Waals surface area contributed by atoms with E-state index in [1.165, 1.54) is 0 Å². The zero-order chi connectivity index (χ0) is 11.6. The Balaban J connectivity index is 1.95. The molecule has 0 bridgehead atoms. The SMILES string of the molecule is CC1(O)CCN(Cc2ncccc2Br)CC1. The first-order chi connectivity index (χ1) is 7.57. The number of piperidine rings is 1. The number of likely N-dealkylation sites (tertiary alicyclic amines) is 1. The molecule has 1 saturated heterocycles. The van der Waals surface area contributed by atoms with Gasteiger partial charge in [-0.3, -0.25) is 9.88 Å². The van der Waals surface area contributed by atoms with Crippen molar-refractivity contribution >= 4 is 15.9 Å². The Morgan fingerprint density at radius 2 is 2.19 bits per heavy atom. The fourth-order valence-corrected chi connectivity index (χ4v) is 2.32. The molecule has 16 heavy (non-hydrogen) atoms. The van der Waals surface area contributed by atoms with Crippen molar-refractivity contribution in [2.24, 2.45) is 0 Å². The number of aromatic nitrogens is 1. The van der Waals surface area contributed by atoms with Crippen LogP contribution in [0.3, 0.4) is 0 Å². The first-order valence-corrected chi connectivity index (χ1v) is 6.40. The summed E-state index contributed by atoms with van der Waals surface area (Å²) < 4.78 is 1.06. The van der Waals surface area contributed by atoms with Gasteiger partial charge in [-0.05, 0) is 47.8 Å². The van der Waals surface area contributed by atoms with E-state index < -0.39 is 5.60 Å². The van der Waals surface area contributed by atoms with Crippen LogP contribution in [-0.2, 0) is 6.54 Å². The summed E-state index contributed by atoms with van der Waals surface area (Å²) in [5, 5.41) is 9.86. The number of rotatable bonds is 2. The van der Waals surface area contributed by atoms with Gasteiger partial charge < -0.3 is 5.11 Å². The Bertz CT molecular complexity index is 358. The van der Waals surface area contributed by atoms with E-state index in [0.717, 1.165) is 42.6 Å². The maximum Gasteiger partial charge on any atom is 0.0685 e. The summed E-state index contributed by atoms with van der Waals surface area (Å²) in [7, 11) is 0. The summed E-state index contributed by atoms with van der Waals surface area (Å²) >= 11 is 3.51. The van der Waals surface area contributed by atoms with Crippen LogP contribution in [0.25, 0.3) is 0 Å². The van der Waals surface area contributed by atoms with E-state index in [0.29, 0.717) is 0 Å². The highest BCUT2D eigenvalue weighted by molar-refractivity contribution is 9.10. The van der Waals surface area contributed by atoms with Crippen molar-refractivity contribution in [3.63, 3.8) is 0 Å². The zero-order valence-electron chi connectivity index (χ0n) is 9.49. The van der Waals surface area contributed by atoms with Gasteiger partial charge in [0, 0.05) is 30.3 Å². The average Bonchev–Trinajstić information content (AvgIpc) is 2.24. The molecule has 0 atom stereocenters. The van der Waals surface area contributed by atoms with Crippen LogP contribution in [0, 0.1) is 0 Å². The van der Waals surface area contributed by atoms with E-state index in [9.17, 15) is 5.11 Å². The topological polar surface area (TPSA) is 36.4 Å². The van der Waals surface area contributed by atoms with E-state index in [2.05, 4.69) is 25.8 Å². The molecule has 0 unspecified atom stereocenters. The van der Waals surface area contributed by atoms with Crippen molar-refractivity contribution in [3.8, 4) is 0 Å². The lowest BCUT2D eigenvalue weighted by atomic mass is 9.94. The molecule has 1 fully saturated rings. The molecule has 3 nitrogen and oxygen atoms in total. The summed E-state index contributed by atoms with van der Waals surface area (Å²) in [5.41, 5.74) is 0.599. The molecule has 1 aliphatic rings. The fraction of sp³-hybridized carbons (Fsp3) is 0.583. The normalized spacial score (nSPS) is 20.9. The Kier molecular flexibility index (Phi) is 3.62. The van der Waals surface area contributed by atoms with Crippen LogP contribution in [0.1, 0.15) is 25.5 Å². The van der Waals surface area contributed by atoms with E-state index in [-0.39, 0.29) is 0 Å². The van der Waals surface area contributed by atoms with Crippen LogP contribution in [0.4, 0.5) is 0 Å². The Morgan fingerprint density at radius 3 is 2.81 bits per heavy atom. The van der Waals surface area contributed by atoms with Crippen molar-refractivity contribution < 1.29 is 5.11 Å². The lowest BCUT2D eigenvalue weighted by Gasteiger charge is -2.35. The van der Waals surface area contributed by atoms with Crippen molar-refractivity contribution in [2.75, 3.05) is 13.1 Å². The summed E-state index contributed by atoms with van der Waals surface area (Å²) in [5.74, 6) is 0. The van der Waals surface area contributed by atoms with Gasteiger partial charge in [0.25, 0.3) is 0 Å². The minimum absolute atomic E-state index is 0.474. The minimum Gasteiger partial charge on any atom is -0.390 e. The van der Waals surface area contributed by atoms with Gasteiger partial charge in [-0.2, -0.15) is 0 Å². The second-order valence-electron chi connectivity index (χ2n) is 4.71. The highest BCUT2D eigenvalue weighted by atomic mass is 79.9. The first-order valence-electron chi connectivity index (χ1n) is 5.61. The smallest absolute Gasteiger partial charge is 0.0685 e. The van der Waals surface area contributed by atoms with Gasteiger partial charge in [0.15, 0.2) is 0 Å². The number of aliphatic hydroxyl groups is 1. The molecule has 1 N–H and O–H groups in total. The number of hydrogen-bond acceptors (Lipinski definition) is 3. The fourth-order valence-electron chi connectivity index (χ4n) is 1.94. The molecule has 2 heterocycles. The number of nitrogens with zero attached hydrogens (tertiary/aromatic N) is 2. The third-order valence-corrected chi connectivity index (χ3v) is 3.86. The third-order valence-electron chi connectivity index (χ3n) is 3.14. The summed E-state index contributed by atoms with van der Waals surface area (Å²) in [6.45, 7) is 4.66. The monoisotopic (exact) mass is 284 g/mol. The van der Waals surface area contributed by atoms with Crippen LogP contribution < -0.4 is 0 Å². The van der Waals surface area contributed by atoms with Gasteiger partial charge in [0.1, 0.15) is 0 Å². The van der Waals surface area contributed by atoms with E-state index in [4.69, 9.17) is 0 Å². The van der Waals surface area contributed by atoms with Crippen LogP contribution in [0.15, 0.2) is 22.8 Å².